The zero-order chi connectivity index (χ0) is 14.4. The largest absolute Gasteiger partial charge is 0.370 e. The first kappa shape index (κ1) is 14.8. The number of nitrogens with one attached hydrogen (secondary N) is 2. The number of halogens is 1. The van der Waals surface area contributed by atoms with Crippen molar-refractivity contribution in [2.45, 2.75) is 13.3 Å². The second-order valence-corrected chi connectivity index (χ2v) is 5.58. The van der Waals surface area contributed by atoms with E-state index < -0.39 is 0 Å². The van der Waals surface area contributed by atoms with Crippen LogP contribution >= 0.6 is 22.9 Å². The number of rotatable bonds is 6. The Balaban J connectivity index is 1.95. The van der Waals surface area contributed by atoms with Gasteiger partial charge in [0.25, 0.3) is 5.91 Å². The first-order valence-corrected chi connectivity index (χ1v) is 7.67. The van der Waals surface area contributed by atoms with E-state index in [1.54, 1.807) is 23.5 Å². The second-order valence-electron chi connectivity index (χ2n) is 4.14. The van der Waals surface area contributed by atoms with E-state index in [2.05, 4.69) is 15.6 Å². The summed E-state index contributed by atoms with van der Waals surface area (Å²) in [5.74, 6) is 0.409. The first-order chi connectivity index (χ1) is 9.70. The molecule has 0 aliphatic rings. The molecule has 0 radical (unpaired) electrons. The van der Waals surface area contributed by atoms with Crippen LogP contribution in [-0.4, -0.2) is 24.0 Å². The van der Waals surface area contributed by atoms with Gasteiger partial charge >= 0.3 is 0 Å². The molecule has 2 aromatic heterocycles. The lowest BCUT2D eigenvalue weighted by Gasteiger charge is -2.08. The van der Waals surface area contributed by atoms with E-state index in [0.717, 1.165) is 13.0 Å². The van der Waals surface area contributed by atoms with Crippen molar-refractivity contribution in [3.63, 3.8) is 0 Å². The smallest absolute Gasteiger partial charge is 0.271 e. The topological polar surface area (TPSA) is 54.0 Å². The average Bonchev–Trinajstić information content (AvgIpc) is 2.94. The van der Waals surface area contributed by atoms with Gasteiger partial charge in [-0.3, -0.25) is 4.79 Å². The molecule has 0 saturated heterocycles. The fourth-order valence-electron chi connectivity index (χ4n) is 1.72. The Morgan fingerprint density at radius 3 is 2.95 bits per heavy atom. The Morgan fingerprint density at radius 2 is 2.25 bits per heavy atom. The summed E-state index contributed by atoms with van der Waals surface area (Å²) in [7, 11) is 0. The molecule has 0 aliphatic carbocycles. The fourth-order valence-corrected chi connectivity index (χ4v) is 2.62. The van der Waals surface area contributed by atoms with Crippen molar-refractivity contribution >= 4 is 34.7 Å². The number of amides is 1. The summed E-state index contributed by atoms with van der Waals surface area (Å²) in [5, 5.41) is 8.29. The van der Waals surface area contributed by atoms with Crippen molar-refractivity contribution in [2.24, 2.45) is 0 Å². The molecule has 6 heteroatoms. The number of nitrogens with zero attached hydrogens (tertiary/aromatic N) is 1. The highest BCUT2D eigenvalue weighted by Crippen LogP contribution is 2.16. The lowest BCUT2D eigenvalue weighted by Crippen LogP contribution is -2.27. The Kier molecular flexibility index (Phi) is 5.38. The van der Waals surface area contributed by atoms with Crippen LogP contribution in [0.1, 0.15) is 22.3 Å². The van der Waals surface area contributed by atoms with Crippen molar-refractivity contribution in [3.8, 4) is 0 Å². The third-order valence-electron chi connectivity index (χ3n) is 2.66. The van der Waals surface area contributed by atoms with Crippen LogP contribution in [0.3, 0.4) is 0 Å². The van der Waals surface area contributed by atoms with Crippen LogP contribution in [0.2, 0.25) is 5.02 Å². The van der Waals surface area contributed by atoms with Crippen molar-refractivity contribution in [1.82, 2.24) is 10.3 Å². The van der Waals surface area contributed by atoms with Crippen molar-refractivity contribution in [1.29, 1.82) is 0 Å². The van der Waals surface area contributed by atoms with Gasteiger partial charge in [0.2, 0.25) is 0 Å². The summed E-state index contributed by atoms with van der Waals surface area (Å²) < 4.78 is 0. The van der Waals surface area contributed by atoms with Crippen molar-refractivity contribution in [3.05, 3.63) is 45.2 Å². The van der Waals surface area contributed by atoms with Crippen LogP contribution in [0.25, 0.3) is 0 Å². The molecular formula is C14H16ClN3OS. The van der Waals surface area contributed by atoms with Gasteiger partial charge in [-0.05, 0) is 36.9 Å². The van der Waals surface area contributed by atoms with Gasteiger partial charge < -0.3 is 10.6 Å². The summed E-state index contributed by atoms with van der Waals surface area (Å²) in [6.45, 7) is 3.29. The predicted octanol–water partition coefficient (Wildman–Crippen LogP) is 3.20. The average molecular weight is 310 g/mol. The first-order valence-electron chi connectivity index (χ1n) is 6.41. The molecule has 2 aromatic rings. The minimum absolute atomic E-state index is 0.244. The maximum atomic E-state index is 12.1. The van der Waals surface area contributed by atoms with Crippen LogP contribution in [0, 0.1) is 0 Å². The summed E-state index contributed by atoms with van der Waals surface area (Å²) in [4.78, 5) is 17.5. The number of carbonyl (C=O) groups is 1. The number of hydrogen-bond acceptors (Lipinski definition) is 4. The van der Waals surface area contributed by atoms with Gasteiger partial charge in [-0.25, -0.2) is 4.98 Å². The number of thiophene rings is 1. The van der Waals surface area contributed by atoms with E-state index in [-0.39, 0.29) is 11.6 Å². The Hall–Kier alpha value is -1.59. The van der Waals surface area contributed by atoms with Gasteiger partial charge in [-0.1, -0.05) is 17.7 Å². The van der Waals surface area contributed by atoms with E-state index in [1.807, 2.05) is 24.4 Å². The SMILES string of the molecule is CCNc1ccc(Cl)c(C(=O)NCCc2cccs2)n1. The third-order valence-corrected chi connectivity index (χ3v) is 3.90. The molecule has 1 amide bonds. The van der Waals surface area contributed by atoms with Gasteiger partial charge in [0.05, 0.1) is 5.02 Å². The van der Waals surface area contributed by atoms with Crippen LogP contribution < -0.4 is 10.6 Å². The normalized spacial score (nSPS) is 10.3. The molecule has 2 heterocycles. The predicted molar refractivity (Wildman–Crippen MR) is 83.8 cm³/mol. The van der Waals surface area contributed by atoms with Gasteiger partial charge in [0.15, 0.2) is 0 Å². The fraction of sp³-hybridized carbons (Fsp3) is 0.286. The quantitative estimate of drug-likeness (QED) is 0.861. The van der Waals surface area contributed by atoms with E-state index in [0.29, 0.717) is 17.4 Å². The van der Waals surface area contributed by atoms with Crippen molar-refractivity contribution < 1.29 is 4.79 Å². The summed E-state index contributed by atoms with van der Waals surface area (Å²) >= 11 is 7.70. The molecule has 0 saturated carbocycles. The van der Waals surface area contributed by atoms with E-state index in [1.165, 1.54) is 4.88 Å². The van der Waals surface area contributed by atoms with Crippen LogP contribution in [0.5, 0.6) is 0 Å². The van der Waals surface area contributed by atoms with E-state index >= 15 is 0 Å². The Bertz CT molecular complexity index is 572. The highest BCUT2D eigenvalue weighted by atomic mass is 35.5. The lowest BCUT2D eigenvalue weighted by atomic mass is 10.3. The van der Waals surface area contributed by atoms with E-state index in [9.17, 15) is 4.79 Å². The molecule has 0 aliphatic heterocycles. The number of aromatic nitrogens is 1. The third kappa shape index (κ3) is 3.95. The molecule has 0 atom stereocenters. The maximum Gasteiger partial charge on any atom is 0.271 e. The van der Waals surface area contributed by atoms with Gasteiger partial charge in [0, 0.05) is 18.0 Å². The van der Waals surface area contributed by atoms with Gasteiger partial charge in [-0.2, -0.15) is 0 Å². The molecule has 106 valence electrons. The minimum atomic E-state index is -0.244. The highest BCUT2D eigenvalue weighted by molar-refractivity contribution is 7.09. The molecule has 0 unspecified atom stereocenters. The molecule has 2 N–H and O–H groups in total. The zero-order valence-electron chi connectivity index (χ0n) is 11.1. The molecular weight excluding hydrogens is 294 g/mol. The van der Waals surface area contributed by atoms with Crippen LogP contribution in [-0.2, 0) is 6.42 Å². The van der Waals surface area contributed by atoms with E-state index in [4.69, 9.17) is 11.6 Å². The zero-order valence-corrected chi connectivity index (χ0v) is 12.7. The molecule has 0 fully saturated rings. The van der Waals surface area contributed by atoms with Gasteiger partial charge in [0.1, 0.15) is 11.5 Å². The number of anilines is 1. The number of carbonyl (C=O) groups excluding carboxylic acids is 1. The summed E-state index contributed by atoms with van der Waals surface area (Å²) in [6.07, 6.45) is 0.813. The summed E-state index contributed by atoms with van der Waals surface area (Å²) in [6, 6.07) is 7.49. The molecule has 4 nitrogen and oxygen atoms in total. The molecule has 0 bridgehead atoms. The van der Waals surface area contributed by atoms with Gasteiger partial charge in [-0.15, -0.1) is 11.3 Å². The monoisotopic (exact) mass is 309 g/mol. The summed E-state index contributed by atoms with van der Waals surface area (Å²) in [5.41, 5.74) is 0.260. The maximum absolute atomic E-state index is 12.1. The second kappa shape index (κ2) is 7.26. The number of hydrogen-bond donors (Lipinski definition) is 2. The molecule has 0 aromatic carbocycles. The molecule has 0 spiro atoms. The van der Waals surface area contributed by atoms with Crippen LogP contribution in [0.4, 0.5) is 5.82 Å². The Morgan fingerprint density at radius 1 is 1.40 bits per heavy atom. The molecule has 20 heavy (non-hydrogen) atoms. The van der Waals surface area contributed by atoms with Crippen molar-refractivity contribution in [2.75, 3.05) is 18.4 Å². The lowest BCUT2D eigenvalue weighted by molar-refractivity contribution is 0.0949. The standard InChI is InChI=1S/C14H16ClN3OS/c1-2-16-12-6-5-11(15)13(18-12)14(19)17-8-7-10-4-3-9-20-10/h3-6,9H,2,7-8H2,1H3,(H,16,18)(H,17,19). The van der Waals surface area contributed by atoms with Crippen LogP contribution in [0.15, 0.2) is 29.6 Å². The molecule has 2 rings (SSSR count). The Labute approximate surface area is 127 Å². The minimum Gasteiger partial charge on any atom is -0.370 e. The highest BCUT2D eigenvalue weighted by Gasteiger charge is 2.12. The number of pyridine rings is 1.